The minimum Gasteiger partial charge on any atom is -0.267 e. The monoisotopic (exact) mass is 417 g/mol. The first-order valence-corrected chi connectivity index (χ1v) is 7.93. The molecule has 0 fully saturated rings. The molecule has 0 radical (unpaired) electrons. The molecular weight excluding hydrogens is 405 g/mol. The van der Waals surface area contributed by atoms with Crippen LogP contribution in [0.4, 0.5) is 0 Å². The zero-order valence-electron chi connectivity index (χ0n) is 11.9. The lowest BCUT2D eigenvalue weighted by atomic mass is 10.2. The number of para-hydroxylation sites is 1. The van der Waals surface area contributed by atoms with Crippen LogP contribution in [0.3, 0.4) is 0 Å². The van der Waals surface area contributed by atoms with E-state index in [1.165, 1.54) is 0 Å². The molecule has 0 atom stereocenters. The number of nitrogens with one attached hydrogen (secondary N) is 2. The number of rotatable bonds is 2. The van der Waals surface area contributed by atoms with Gasteiger partial charge in [-0.15, -0.1) is 0 Å². The maximum atomic E-state index is 12.1. The molecule has 1 aromatic heterocycles. The average Bonchev–Trinajstić information content (AvgIpc) is 2.59. The number of aromatic nitrogens is 1. The van der Waals surface area contributed by atoms with E-state index in [1.807, 2.05) is 42.5 Å². The Bertz CT molecular complexity index is 878. The van der Waals surface area contributed by atoms with Crippen molar-refractivity contribution in [3.63, 3.8) is 0 Å². The number of halogens is 1. The van der Waals surface area contributed by atoms with Gasteiger partial charge in [-0.05, 0) is 59.0 Å². The van der Waals surface area contributed by atoms with Crippen molar-refractivity contribution in [3.05, 3.63) is 75.5 Å². The van der Waals surface area contributed by atoms with Gasteiger partial charge in [0.1, 0.15) is 5.69 Å². The van der Waals surface area contributed by atoms with Gasteiger partial charge in [0.2, 0.25) is 0 Å². The van der Waals surface area contributed by atoms with E-state index in [1.54, 1.807) is 18.2 Å². The molecule has 3 rings (SSSR count). The summed E-state index contributed by atoms with van der Waals surface area (Å²) in [5.74, 6) is -0.842. The zero-order chi connectivity index (χ0) is 16.2. The number of amides is 2. The lowest BCUT2D eigenvalue weighted by Crippen LogP contribution is -2.41. The van der Waals surface area contributed by atoms with Crippen molar-refractivity contribution in [3.8, 4) is 0 Å². The maximum Gasteiger partial charge on any atom is 0.288 e. The Morgan fingerprint density at radius 3 is 2.30 bits per heavy atom. The fourth-order valence-electron chi connectivity index (χ4n) is 2.04. The molecule has 0 unspecified atom stereocenters. The van der Waals surface area contributed by atoms with Crippen LogP contribution in [0.2, 0.25) is 0 Å². The Morgan fingerprint density at radius 2 is 1.52 bits per heavy atom. The van der Waals surface area contributed by atoms with Crippen molar-refractivity contribution in [1.29, 1.82) is 0 Å². The Balaban J connectivity index is 1.68. The SMILES string of the molecule is O=C(NNC(=O)c1ccc2ccccc2n1)c1ccc(I)cc1. The molecule has 0 aliphatic rings. The predicted octanol–water partition coefficient (Wildman–Crippen LogP) is 2.91. The second-order valence-electron chi connectivity index (χ2n) is 4.80. The highest BCUT2D eigenvalue weighted by Crippen LogP contribution is 2.11. The average molecular weight is 417 g/mol. The van der Waals surface area contributed by atoms with Gasteiger partial charge in [-0.3, -0.25) is 20.4 Å². The molecule has 0 saturated carbocycles. The van der Waals surface area contributed by atoms with Gasteiger partial charge in [0.05, 0.1) is 5.52 Å². The van der Waals surface area contributed by atoms with Gasteiger partial charge in [0, 0.05) is 14.5 Å². The summed E-state index contributed by atoms with van der Waals surface area (Å²) in [5, 5.41) is 0.951. The van der Waals surface area contributed by atoms with E-state index >= 15 is 0 Å². The molecular formula is C17H12IN3O2. The van der Waals surface area contributed by atoms with E-state index in [9.17, 15) is 9.59 Å². The summed E-state index contributed by atoms with van der Waals surface area (Å²) in [6.45, 7) is 0. The molecule has 114 valence electrons. The van der Waals surface area contributed by atoms with Gasteiger partial charge in [0.25, 0.3) is 11.8 Å². The van der Waals surface area contributed by atoms with Crippen molar-refractivity contribution in [2.75, 3.05) is 0 Å². The van der Waals surface area contributed by atoms with Crippen LogP contribution in [0.25, 0.3) is 10.9 Å². The van der Waals surface area contributed by atoms with Crippen LogP contribution < -0.4 is 10.9 Å². The summed E-state index contributed by atoms with van der Waals surface area (Å²) < 4.78 is 1.03. The molecule has 0 bridgehead atoms. The second kappa shape index (κ2) is 6.74. The quantitative estimate of drug-likeness (QED) is 0.498. The minimum absolute atomic E-state index is 0.242. The van der Waals surface area contributed by atoms with E-state index < -0.39 is 5.91 Å². The third kappa shape index (κ3) is 3.65. The van der Waals surface area contributed by atoms with E-state index in [4.69, 9.17) is 0 Å². The molecule has 2 N–H and O–H groups in total. The molecule has 6 heteroatoms. The predicted molar refractivity (Wildman–Crippen MR) is 95.8 cm³/mol. The number of hydrazine groups is 1. The third-order valence-electron chi connectivity index (χ3n) is 3.23. The number of benzene rings is 2. The van der Waals surface area contributed by atoms with Crippen molar-refractivity contribution in [1.82, 2.24) is 15.8 Å². The molecule has 5 nitrogen and oxygen atoms in total. The van der Waals surface area contributed by atoms with Crippen molar-refractivity contribution < 1.29 is 9.59 Å². The standard InChI is InChI=1S/C17H12IN3O2/c18-13-8-5-12(6-9-13)16(22)20-21-17(23)15-10-7-11-3-1-2-4-14(11)19-15/h1-10H,(H,20,22)(H,21,23). The molecule has 23 heavy (non-hydrogen) atoms. The Morgan fingerprint density at radius 1 is 0.826 bits per heavy atom. The van der Waals surface area contributed by atoms with Gasteiger partial charge in [-0.1, -0.05) is 24.3 Å². The maximum absolute atomic E-state index is 12.1. The summed E-state index contributed by atoms with van der Waals surface area (Å²) in [6.07, 6.45) is 0. The first-order valence-electron chi connectivity index (χ1n) is 6.85. The number of fused-ring (bicyclic) bond motifs is 1. The fourth-order valence-corrected chi connectivity index (χ4v) is 2.40. The fraction of sp³-hybridized carbons (Fsp3) is 0. The molecule has 2 amide bonds. The highest BCUT2D eigenvalue weighted by molar-refractivity contribution is 14.1. The number of hydrogen-bond acceptors (Lipinski definition) is 3. The normalized spacial score (nSPS) is 10.3. The number of hydrogen-bond donors (Lipinski definition) is 2. The van der Waals surface area contributed by atoms with Gasteiger partial charge in [0.15, 0.2) is 0 Å². The van der Waals surface area contributed by atoms with Crippen molar-refractivity contribution in [2.45, 2.75) is 0 Å². The van der Waals surface area contributed by atoms with Crippen LogP contribution >= 0.6 is 22.6 Å². The molecule has 0 saturated heterocycles. The van der Waals surface area contributed by atoms with Gasteiger partial charge in [-0.25, -0.2) is 4.98 Å². The van der Waals surface area contributed by atoms with Crippen LogP contribution in [0.15, 0.2) is 60.7 Å². The van der Waals surface area contributed by atoms with Crippen molar-refractivity contribution in [2.24, 2.45) is 0 Å². The Hall–Kier alpha value is -2.48. The zero-order valence-corrected chi connectivity index (χ0v) is 14.1. The number of carbonyl (C=O) groups is 2. The summed E-state index contributed by atoms with van der Waals surface area (Å²) in [6, 6.07) is 18.0. The number of pyridine rings is 1. The largest absolute Gasteiger partial charge is 0.288 e. The lowest BCUT2D eigenvalue weighted by Gasteiger charge is -2.07. The van der Waals surface area contributed by atoms with Gasteiger partial charge < -0.3 is 0 Å². The van der Waals surface area contributed by atoms with Gasteiger partial charge >= 0.3 is 0 Å². The summed E-state index contributed by atoms with van der Waals surface area (Å²) in [7, 11) is 0. The minimum atomic E-state index is -0.463. The summed E-state index contributed by atoms with van der Waals surface area (Å²) in [4.78, 5) is 28.3. The van der Waals surface area contributed by atoms with Crippen LogP contribution in [0, 0.1) is 3.57 Å². The highest BCUT2D eigenvalue weighted by atomic mass is 127. The van der Waals surface area contributed by atoms with Crippen LogP contribution in [0.5, 0.6) is 0 Å². The van der Waals surface area contributed by atoms with E-state index in [2.05, 4.69) is 38.4 Å². The molecule has 1 heterocycles. The summed E-state index contributed by atoms with van der Waals surface area (Å²) in [5.41, 5.74) is 6.20. The molecule has 0 aliphatic heterocycles. The first kappa shape index (κ1) is 15.4. The van der Waals surface area contributed by atoms with E-state index in [0.717, 1.165) is 14.5 Å². The third-order valence-corrected chi connectivity index (χ3v) is 3.95. The number of carbonyl (C=O) groups excluding carboxylic acids is 2. The van der Waals surface area contributed by atoms with Gasteiger partial charge in [-0.2, -0.15) is 0 Å². The molecule has 3 aromatic rings. The molecule has 0 spiro atoms. The smallest absolute Gasteiger partial charge is 0.267 e. The second-order valence-corrected chi connectivity index (χ2v) is 6.05. The number of nitrogens with zero attached hydrogens (tertiary/aromatic N) is 1. The van der Waals surface area contributed by atoms with E-state index in [-0.39, 0.29) is 11.6 Å². The van der Waals surface area contributed by atoms with E-state index in [0.29, 0.717) is 5.56 Å². The molecule has 2 aromatic carbocycles. The Labute approximate surface area is 146 Å². The first-order chi connectivity index (χ1) is 11.1. The Kier molecular flexibility index (Phi) is 4.52. The lowest BCUT2D eigenvalue weighted by molar-refractivity contribution is 0.0844. The van der Waals surface area contributed by atoms with Crippen molar-refractivity contribution >= 4 is 45.3 Å². The topological polar surface area (TPSA) is 71.1 Å². The summed E-state index contributed by atoms with van der Waals surface area (Å²) >= 11 is 2.16. The van der Waals surface area contributed by atoms with Crippen LogP contribution in [-0.2, 0) is 0 Å². The molecule has 0 aliphatic carbocycles. The van der Waals surface area contributed by atoms with Crippen LogP contribution in [0.1, 0.15) is 20.8 Å². The van der Waals surface area contributed by atoms with Crippen LogP contribution in [-0.4, -0.2) is 16.8 Å². The highest BCUT2D eigenvalue weighted by Gasteiger charge is 2.10.